The van der Waals surface area contributed by atoms with Gasteiger partial charge in [-0.25, -0.2) is 0 Å². The molecule has 3 rings (SSSR count). The molecular weight excluding hydrogens is 210 g/mol. The Hall–Kier alpha value is -0.860. The average Bonchev–Trinajstić information content (AvgIpc) is 2.33. The molecule has 0 radical (unpaired) electrons. The summed E-state index contributed by atoms with van der Waals surface area (Å²) in [6.07, 6.45) is 3.98. The van der Waals surface area contributed by atoms with Crippen molar-refractivity contribution in [1.29, 1.82) is 0 Å². The fourth-order valence-corrected chi connectivity index (χ4v) is 2.99. The monoisotopic (exact) mass is 231 g/mol. The van der Waals surface area contributed by atoms with Crippen molar-refractivity contribution in [2.24, 2.45) is 5.92 Å². The van der Waals surface area contributed by atoms with E-state index in [2.05, 4.69) is 36.5 Å². The molecule has 1 unspecified atom stereocenters. The third-order valence-corrected chi connectivity index (χ3v) is 4.06. The molecule has 1 aliphatic carbocycles. The highest BCUT2D eigenvalue weighted by Gasteiger charge is 2.27. The van der Waals surface area contributed by atoms with Gasteiger partial charge in [0.2, 0.25) is 0 Å². The minimum Gasteiger partial charge on any atom is -0.372 e. The first-order chi connectivity index (χ1) is 8.33. The number of rotatable bonds is 3. The molecular formula is C15H21NO. The van der Waals surface area contributed by atoms with Gasteiger partial charge in [0.1, 0.15) is 0 Å². The van der Waals surface area contributed by atoms with Crippen molar-refractivity contribution in [3.05, 3.63) is 35.4 Å². The second-order valence-corrected chi connectivity index (χ2v) is 5.49. The van der Waals surface area contributed by atoms with Crippen LogP contribution in [0.15, 0.2) is 24.3 Å². The van der Waals surface area contributed by atoms with Gasteiger partial charge in [0.15, 0.2) is 0 Å². The molecule has 1 aliphatic heterocycles. The van der Waals surface area contributed by atoms with Gasteiger partial charge < -0.3 is 10.1 Å². The highest BCUT2D eigenvalue weighted by atomic mass is 16.5. The normalized spacial score (nSPS) is 31.7. The van der Waals surface area contributed by atoms with E-state index in [1.165, 1.54) is 24.0 Å². The second-order valence-electron chi connectivity index (χ2n) is 5.49. The number of benzene rings is 1. The molecule has 1 aromatic rings. The minimum atomic E-state index is 0.260. The van der Waals surface area contributed by atoms with E-state index in [1.54, 1.807) is 0 Å². The van der Waals surface area contributed by atoms with Gasteiger partial charge in [-0.15, -0.1) is 0 Å². The standard InChI is InChI=1S/C15H21NO/c1-11-8-13(9-11)16-10-15-14-5-3-2-4-12(14)6-7-17-15/h2-5,11,13,15-16H,6-10H2,1H3. The molecule has 2 aliphatic rings. The van der Waals surface area contributed by atoms with E-state index in [0.717, 1.165) is 31.5 Å². The first-order valence-electron chi connectivity index (χ1n) is 6.75. The quantitative estimate of drug-likeness (QED) is 0.863. The van der Waals surface area contributed by atoms with Crippen LogP contribution < -0.4 is 5.32 Å². The van der Waals surface area contributed by atoms with Gasteiger partial charge in [-0.2, -0.15) is 0 Å². The van der Waals surface area contributed by atoms with E-state index >= 15 is 0 Å². The molecule has 92 valence electrons. The van der Waals surface area contributed by atoms with Crippen molar-refractivity contribution >= 4 is 0 Å². The summed E-state index contributed by atoms with van der Waals surface area (Å²) in [6, 6.07) is 9.41. The highest BCUT2D eigenvalue weighted by molar-refractivity contribution is 5.31. The highest BCUT2D eigenvalue weighted by Crippen LogP contribution is 2.29. The minimum absolute atomic E-state index is 0.260. The summed E-state index contributed by atoms with van der Waals surface area (Å²) in [5, 5.41) is 3.64. The SMILES string of the molecule is CC1CC(NCC2OCCc3ccccc32)C1. The summed E-state index contributed by atoms with van der Waals surface area (Å²) in [5.74, 6) is 0.909. The smallest absolute Gasteiger partial charge is 0.0952 e. The maximum Gasteiger partial charge on any atom is 0.0952 e. The lowest BCUT2D eigenvalue weighted by Gasteiger charge is -2.35. The van der Waals surface area contributed by atoms with Crippen LogP contribution in [0, 0.1) is 5.92 Å². The van der Waals surface area contributed by atoms with Crippen LogP contribution in [0.3, 0.4) is 0 Å². The van der Waals surface area contributed by atoms with Gasteiger partial charge in [0.25, 0.3) is 0 Å². The number of nitrogens with one attached hydrogen (secondary N) is 1. The second kappa shape index (κ2) is 4.79. The molecule has 0 bridgehead atoms. The topological polar surface area (TPSA) is 21.3 Å². The Morgan fingerprint density at radius 2 is 2.12 bits per heavy atom. The summed E-state index contributed by atoms with van der Waals surface area (Å²) in [7, 11) is 0. The molecule has 0 spiro atoms. The van der Waals surface area contributed by atoms with E-state index in [4.69, 9.17) is 4.74 Å². The van der Waals surface area contributed by atoms with Crippen LogP contribution in [0.5, 0.6) is 0 Å². The molecule has 2 nitrogen and oxygen atoms in total. The molecule has 1 heterocycles. The molecule has 0 aromatic heterocycles. The third-order valence-electron chi connectivity index (χ3n) is 4.06. The Kier molecular flexibility index (Phi) is 3.17. The maximum atomic E-state index is 5.89. The van der Waals surface area contributed by atoms with Crippen molar-refractivity contribution in [1.82, 2.24) is 5.32 Å². The van der Waals surface area contributed by atoms with Crippen LogP contribution in [0.1, 0.15) is 37.0 Å². The lowest BCUT2D eigenvalue weighted by atomic mass is 9.82. The molecule has 2 heteroatoms. The number of ether oxygens (including phenoxy) is 1. The lowest BCUT2D eigenvalue weighted by Crippen LogP contribution is -2.42. The van der Waals surface area contributed by atoms with Crippen molar-refractivity contribution in [2.45, 2.75) is 38.3 Å². The first kappa shape index (κ1) is 11.2. The predicted molar refractivity (Wildman–Crippen MR) is 69.0 cm³/mol. The van der Waals surface area contributed by atoms with Crippen molar-refractivity contribution in [3.8, 4) is 0 Å². The fourth-order valence-electron chi connectivity index (χ4n) is 2.99. The van der Waals surface area contributed by atoms with Crippen LogP contribution in [-0.2, 0) is 11.2 Å². The zero-order chi connectivity index (χ0) is 11.7. The van der Waals surface area contributed by atoms with Gasteiger partial charge >= 0.3 is 0 Å². The van der Waals surface area contributed by atoms with Crippen LogP contribution in [0.2, 0.25) is 0 Å². The molecule has 1 aromatic carbocycles. The van der Waals surface area contributed by atoms with Crippen LogP contribution in [0.25, 0.3) is 0 Å². The zero-order valence-corrected chi connectivity index (χ0v) is 10.5. The van der Waals surface area contributed by atoms with Gasteiger partial charge in [-0.1, -0.05) is 31.2 Å². The Morgan fingerprint density at radius 1 is 1.29 bits per heavy atom. The predicted octanol–water partition coefficient (Wildman–Crippen LogP) is 2.69. The average molecular weight is 231 g/mol. The molecule has 0 saturated heterocycles. The van der Waals surface area contributed by atoms with Crippen molar-refractivity contribution < 1.29 is 4.74 Å². The largest absolute Gasteiger partial charge is 0.372 e. The van der Waals surface area contributed by atoms with Crippen LogP contribution in [-0.4, -0.2) is 19.2 Å². The van der Waals surface area contributed by atoms with E-state index < -0.39 is 0 Å². The molecule has 1 saturated carbocycles. The summed E-state index contributed by atoms with van der Waals surface area (Å²) in [6.45, 7) is 4.16. The summed E-state index contributed by atoms with van der Waals surface area (Å²) < 4.78 is 5.89. The van der Waals surface area contributed by atoms with Crippen LogP contribution >= 0.6 is 0 Å². The van der Waals surface area contributed by atoms with Gasteiger partial charge in [-0.05, 0) is 36.3 Å². The molecule has 0 amide bonds. The van der Waals surface area contributed by atoms with Gasteiger partial charge in [-0.3, -0.25) is 0 Å². The van der Waals surface area contributed by atoms with Crippen molar-refractivity contribution in [3.63, 3.8) is 0 Å². The third kappa shape index (κ3) is 2.38. The fraction of sp³-hybridized carbons (Fsp3) is 0.600. The zero-order valence-electron chi connectivity index (χ0n) is 10.5. The molecule has 17 heavy (non-hydrogen) atoms. The van der Waals surface area contributed by atoms with Crippen molar-refractivity contribution in [2.75, 3.05) is 13.2 Å². The summed E-state index contributed by atoms with van der Waals surface area (Å²) in [5.41, 5.74) is 2.85. The summed E-state index contributed by atoms with van der Waals surface area (Å²) in [4.78, 5) is 0. The number of hydrogen-bond donors (Lipinski definition) is 1. The van der Waals surface area contributed by atoms with Gasteiger partial charge in [0, 0.05) is 12.6 Å². The van der Waals surface area contributed by atoms with E-state index in [1.807, 2.05) is 0 Å². The Balaban J connectivity index is 1.61. The number of fused-ring (bicyclic) bond motifs is 1. The Labute approximate surface area is 103 Å². The first-order valence-corrected chi connectivity index (χ1v) is 6.75. The lowest BCUT2D eigenvalue weighted by molar-refractivity contribution is 0.0367. The molecule has 1 fully saturated rings. The molecule has 1 N–H and O–H groups in total. The summed E-state index contributed by atoms with van der Waals surface area (Å²) >= 11 is 0. The van der Waals surface area contributed by atoms with Crippen LogP contribution in [0.4, 0.5) is 0 Å². The van der Waals surface area contributed by atoms with Gasteiger partial charge in [0.05, 0.1) is 12.7 Å². The molecule has 1 atom stereocenters. The van der Waals surface area contributed by atoms with E-state index in [-0.39, 0.29) is 6.10 Å². The Morgan fingerprint density at radius 3 is 2.94 bits per heavy atom. The number of hydrogen-bond acceptors (Lipinski definition) is 2. The van der Waals surface area contributed by atoms with E-state index in [9.17, 15) is 0 Å². The maximum absolute atomic E-state index is 5.89. The Bertz CT molecular complexity index is 384. The van der Waals surface area contributed by atoms with E-state index in [0.29, 0.717) is 0 Å².